The Morgan fingerprint density at radius 1 is 1.35 bits per heavy atom. The monoisotopic (exact) mass is 279 g/mol. The third-order valence-electron chi connectivity index (χ3n) is 3.18. The minimum atomic E-state index is -0.417. The van der Waals surface area contributed by atoms with Crippen LogP contribution < -0.4 is 10.2 Å². The average Bonchev–Trinajstić information content (AvgIpc) is 2.47. The molecule has 6 nitrogen and oxygen atoms in total. The van der Waals surface area contributed by atoms with Crippen LogP contribution in [-0.2, 0) is 14.3 Å². The van der Waals surface area contributed by atoms with Gasteiger partial charge in [-0.1, -0.05) is 6.07 Å². The summed E-state index contributed by atoms with van der Waals surface area (Å²) in [6, 6.07) is 6.72. The van der Waals surface area contributed by atoms with Gasteiger partial charge in [0.05, 0.1) is 25.9 Å². The van der Waals surface area contributed by atoms with Gasteiger partial charge in [0.2, 0.25) is 0 Å². The fraction of sp³-hybridized carbons (Fsp3) is 0.429. The second kappa shape index (κ2) is 7.02. The molecular weight excluding hydrogens is 260 g/mol. The number of hydrogen-bond acceptors (Lipinski definition) is 4. The Hall–Kier alpha value is -1.92. The molecule has 1 amide bonds. The summed E-state index contributed by atoms with van der Waals surface area (Å²) in [4.78, 5) is 24.6. The lowest BCUT2D eigenvalue weighted by molar-refractivity contribution is -0.899. The Morgan fingerprint density at radius 2 is 2.10 bits per heavy atom. The molecule has 1 aromatic carbocycles. The van der Waals surface area contributed by atoms with E-state index in [1.54, 1.807) is 24.3 Å². The van der Waals surface area contributed by atoms with Gasteiger partial charge in [0.1, 0.15) is 13.1 Å². The van der Waals surface area contributed by atoms with Crippen molar-refractivity contribution in [3.05, 3.63) is 29.8 Å². The zero-order chi connectivity index (χ0) is 14.4. The number of hydrogen-bond donors (Lipinski definition) is 2. The first kappa shape index (κ1) is 14.5. The van der Waals surface area contributed by atoms with Crippen LogP contribution in [0.5, 0.6) is 0 Å². The number of amides is 1. The van der Waals surface area contributed by atoms with Crippen LogP contribution in [0.15, 0.2) is 24.3 Å². The number of carbonyl (C=O) groups is 2. The van der Waals surface area contributed by atoms with E-state index in [2.05, 4.69) is 10.1 Å². The molecule has 1 aromatic rings. The van der Waals surface area contributed by atoms with E-state index in [0.29, 0.717) is 31.0 Å². The number of ether oxygens (including phenoxy) is 2. The molecule has 0 saturated carbocycles. The fourth-order valence-electron chi connectivity index (χ4n) is 2.11. The number of benzene rings is 1. The lowest BCUT2D eigenvalue weighted by atomic mass is 10.2. The molecule has 0 aliphatic carbocycles. The van der Waals surface area contributed by atoms with Crippen LogP contribution in [0.25, 0.3) is 0 Å². The molecule has 0 atom stereocenters. The lowest BCUT2D eigenvalue weighted by Crippen LogP contribution is -3.15. The van der Waals surface area contributed by atoms with E-state index in [1.165, 1.54) is 12.0 Å². The van der Waals surface area contributed by atoms with Crippen LogP contribution in [0.1, 0.15) is 10.4 Å². The van der Waals surface area contributed by atoms with Gasteiger partial charge in [-0.15, -0.1) is 0 Å². The molecule has 1 heterocycles. The maximum absolute atomic E-state index is 11.9. The minimum absolute atomic E-state index is 0.0658. The standard InChI is InChI=1S/C14H18N2O4/c1-19-14(18)11-3-2-4-12(9-11)15-13(17)10-16-5-7-20-8-6-16/h2-4,9H,5-8,10H2,1H3,(H,15,17)/p+1. The van der Waals surface area contributed by atoms with E-state index < -0.39 is 5.97 Å². The summed E-state index contributed by atoms with van der Waals surface area (Å²) < 4.78 is 9.90. The molecule has 108 valence electrons. The second-order valence-electron chi connectivity index (χ2n) is 4.66. The molecule has 20 heavy (non-hydrogen) atoms. The number of quaternary nitrogens is 1. The number of anilines is 1. The number of nitrogens with one attached hydrogen (secondary N) is 2. The molecule has 6 heteroatoms. The molecule has 2 rings (SSSR count). The van der Waals surface area contributed by atoms with Gasteiger partial charge < -0.3 is 19.7 Å². The van der Waals surface area contributed by atoms with Gasteiger partial charge in [0.15, 0.2) is 6.54 Å². The third-order valence-corrected chi connectivity index (χ3v) is 3.18. The van der Waals surface area contributed by atoms with Gasteiger partial charge in [0.25, 0.3) is 5.91 Å². The average molecular weight is 279 g/mol. The highest BCUT2D eigenvalue weighted by molar-refractivity contribution is 5.94. The van der Waals surface area contributed by atoms with E-state index in [1.807, 2.05) is 0 Å². The van der Waals surface area contributed by atoms with Gasteiger partial charge >= 0.3 is 5.97 Å². The van der Waals surface area contributed by atoms with Crippen molar-refractivity contribution in [2.45, 2.75) is 0 Å². The van der Waals surface area contributed by atoms with Gasteiger partial charge in [-0.25, -0.2) is 4.79 Å². The number of morpholine rings is 1. The predicted molar refractivity (Wildman–Crippen MR) is 72.8 cm³/mol. The van der Waals surface area contributed by atoms with Crippen LogP contribution in [0.4, 0.5) is 5.69 Å². The number of methoxy groups -OCH3 is 1. The van der Waals surface area contributed by atoms with Gasteiger partial charge in [-0.3, -0.25) is 4.79 Å². The third kappa shape index (κ3) is 4.04. The van der Waals surface area contributed by atoms with Crippen LogP contribution in [0, 0.1) is 0 Å². The Labute approximate surface area is 117 Å². The maximum Gasteiger partial charge on any atom is 0.337 e. The molecule has 0 aromatic heterocycles. The Morgan fingerprint density at radius 3 is 2.80 bits per heavy atom. The predicted octanol–water partition coefficient (Wildman–Crippen LogP) is -0.673. The second-order valence-corrected chi connectivity index (χ2v) is 4.66. The van der Waals surface area contributed by atoms with E-state index in [9.17, 15) is 9.59 Å². The van der Waals surface area contributed by atoms with Crippen LogP contribution in [0.3, 0.4) is 0 Å². The summed E-state index contributed by atoms with van der Waals surface area (Å²) in [5.74, 6) is -0.483. The zero-order valence-electron chi connectivity index (χ0n) is 11.5. The highest BCUT2D eigenvalue weighted by Crippen LogP contribution is 2.11. The van der Waals surface area contributed by atoms with E-state index in [-0.39, 0.29) is 5.91 Å². The van der Waals surface area contributed by atoms with Crippen molar-refractivity contribution in [1.82, 2.24) is 0 Å². The highest BCUT2D eigenvalue weighted by Gasteiger charge is 2.17. The summed E-state index contributed by atoms with van der Waals surface area (Å²) in [6.07, 6.45) is 0. The van der Waals surface area contributed by atoms with Crippen molar-refractivity contribution in [1.29, 1.82) is 0 Å². The molecule has 1 aliphatic rings. The summed E-state index contributed by atoms with van der Waals surface area (Å²) in [7, 11) is 1.33. The molecular formula is C14H19N2O4+. The number of esters is 1. The van der Waals surface area contributed by atoms with Crippen molar-refractivity contribution in [3.63, 3.8) is 0 Å². The molecule has 1 fully saturated rings. The Kier molecular flexibility index (Phi) is 5.09. The zero-order valence-corrected chi connectivity index (χ0v) is 11.5. The molecule has 0 bridgehead atoms. The van der Waals surface area contributed by atoms with Crippen molar-refractivity contribution >= 4 is 17.6 Å². The van der Waals surface area contributed by atoms with Crippen LogP contribution >= 0.6 is 0 Å². The van der Waals surface area contributed by atoms with Crippen LogP contribution in [-0.4, -0.2) is 51.8 Å². The maximum atomic E-state index is 11.9. The van der Waals surface area contributed by atoms with Gasteiger partial charge in [-0.05, 0) is 18.2 Å². The topological polar surface area (TPSA) is 69.1 Å². The van der Waals surface area contributed by atoms with E-state index >= 15 is 0 Å². The quantitative estimate of drug-likeness (QED) is 0.717. The largest absolute Gasteiger partial charge is 0.465 e. The first-order valence-electron chi connectivity index (χ1n) is 6.58. The summed E-state index contributed by atoms with van der Waals surface area (Å²) >= 11 is 0. The SMILES string of the molecule is COC(=O)c1cccc(NC(=O)C[NH+]2CCOCC2)c1. The molecule has 0 unspecified atom stereocenters. The van der Waals surface area contributed by atoms with Crippen molar-refractivity contribution in [2.24, 2.45) is 0 Å². The van der Waals surface area contributed by atoms with Crippen LogP contribution in [0.2, 0.25) is 0 Å². The van der Waals surface area contributed by atoms with Gasteiger partial charge in [0, 0.05) is 5.69 Å². The Bertz CT molecular complexity index is 484. The van der Waals surface area contributed by atoms with Gasteiger partial charge in [-0.2, -0.15) is 0 Å². The highest BCUT2D eigenvalue weighted by atomic mass is 16.5. The molecule has 1 aliphatic heterocycles. The van der Waals surface area contributed by atoms with E-state index in [0.717, 1.165) is 13.1 Å². The number of carbonyl (C=O) groups excluding carboxylic acids is 2. The first-order chi connectivity index (χ1) is 9.69. The van der Waals surface area contributed by atoms with E-state index in [4.69, 9.17) is 4.74 Å². The van der Waals surface area contributed by atoms with Crippen molar-refractivity contribution < 1.29 is 24.0 Å². The molecule has 0 spiro atoms. The summed E-state index contributed by atoms with van der Waals surface area (Å²) in [5.41, 5.74) is 1.02. The first-order valence-corrected chi connectivity index (χ1v) is 6.58. The van der Waals surface area contributed by atoms with Crippen molar-refractivity contribution in [3.8, 4) is 0 Å². The normalized spacial score (nSPS) is 15.7. The van der Waals surface area contributed by atoms with Crippen molar-refractivity contribution in [2.75, 3.05) is 45.3 Å². The minimum Gasteiger partial charge on any atom is -0.465 e. The summed E-state index contributed by atoms with van der Waals surface area (Å²) in [5, 5.41) is 2.80. The summed E-state index contributed by atoms with van der Waals surface area (Å²) in [6.45, 7) is 3.48. The molecule has 0 radical (unpaired) electrons. The molecule has 1 saturated heterocycles. The fourth-order valence-corrected chi connectivity index (χ4v) is 2.11. The Balaban J connectivity index is 1.91. The lowest BCUT2D eigenvalue weighted by Gasteiger charge is -2.23. The smallest absolute Gasteiger partial charge is 0.337 e. The number of rotatable bonds is 4. The molecule has 2 N–H and O–H groups in total.